The number of halogens is 6. The molecule has 2 saturated carbocycles. The summed E-state index contributed by atoms with van der Waals surface area (Å²) in [6, 6.07) is 8.96. The molecule has 2 N–H and O–H groups in total. The molecule has 2 aromatic carbocycles. The van der Waals surface area contributed by atoms with Crippen molar-refractivity contribution in [1.29, 1.82) is 5.26 Å². The van der Waals surface area contributed by atoms with Gasteiger partial charge in [0, 0.05) is 47.7 Å². The van der Waals surface area contributed by atoms with E-state index < -0.39 is 5.41 Å². The van der Waals surface area contributed by atoms with E-state index in [-0.39, 0.29) is 5.41 Å². The molecule has 148 valence electrons. The second kappa shape index (κ2) is 8.40. The highest BCUT2D eigenvalue weighted by Crippen LogP contribution is 2.53. The zero-order chi connectivity index (χ0) is 20.7. The molecule has 2 aromatic rings. The van der Waals surface area contributed by atoms with Gasteiger partial charge in [0.15, 0.2) is 0 Å². The normalized spacial score (nSPS) is 17.9. The van der Waals surface area contributed by atoms with Crippen molar-refractivity contribution in [3.63, 3.8) is 0 Å². The van der Waals surface area contributed by atoms with Gasteiger partial charge in [0.25, 0.3) is 0 Å². The monoisotopic (exact) mass is 494 g/mol. The van der Waals surface area contributed by atoms with Gasteiger partial charge in [-0.25, -0.2) is 0 Å². The fourth-order valence-corrected chi connectivity index (χ4v) is 5.69. The van der Waals surface area contributed by atoms with Crippen molar-refractivity contribution in [1.82, 2.24) is 0 Å². The number of benzene rings is 2. The van der Waals surface area contributed by atoms with Gasteiger partial charge in [0.1, 0.15) is 0 Å². The standard InChI is InChI=1S/C10H10Cl3N.C10H6Cl3N/c2*11-6-3-7(12)9(8(13)4-6)10(5-14)1-2-10/h3-4H,1-2,5,14H2;3-4H,1-2H2. The predicted octanol–water partition coefficient (Wildman–Crippen LogP) is 7.84. The number of rotatable bonds is 3. The molecular formula is C20H16Cl6N2. The number of hydrogen-bond donors (Lipinski definition) is 1. The largest absolute Gasteiger partial charge is 0.330 e. The summed E-state index contributed by atoms with van der Waals surface area (Å²) in [6.45, 7) is 0.591. The molecule has 4 rings (SSSR count). The van der Waals surface area contributed by atoms with E-state index in [0.29, 0.717) is 36.7 Å². The molecule has 0 radical (unpaired) electrons. The van der Waals surface area contributed by atoms with Crippen LogP contribution in [0, 0.1) is 11.3 Å². The minimum Gasteiger partial charge on any atom is -0.330 e. The summed E-state index contributed by atoms with van der Waals surface area (Å²) >= 11 is 35.9. The van der Waals surface area contributed by atoms with Crippen LogP contribution in [-0.2, 0) is 10.8 Å². The van der Waals surface area contributed by atoms with Crippen LogP contribution in [0.4, 0.5) is 0 Å². The Labute approximate surface area is 194 Å². The van der Waals surface area contributed by atoms with E-state index in [4.69, 9.17) is 80.6 Å². The highest BCUT2D eigenvalue weighted by molar-refractivity contribution is 6.40. The van der Waals surface area contributed by atoms with Gasteiger partial charge in [-0.2, -0.15) is 5.26 Å². The minimum atomic E-state index is -0.460. The van der Waals surface area contributed by atoms with Gasteiger partial charge >= 0.3 is 0 Å². The molecule has 0 bridgehead atoms. The van der Waals surface area contributed by atoms with Gasteiger partial charge in [0.05, 0.1) is 11.5 Å². The number of nitriles is 1. The summed E-state index contributed by atoms with van der Waals surface area (Å²) in [5.74, 6) is 0. The summed E-state index contributed by atoms with van der Waals surface area (Å²) in [4.78, 5) is 0. The maximum atomic E-state index is 9.03. The van der Waals surface area contributed by atoms with Gasteiger partial charge in [-0.1, -0.05) is 69.6 Å². The van der Waals surface area contributed by atoms with Crippen molar-refractivity contribution < 1.29 is 0 Å². The molecule has 0 saturated heterocycles. The van der Waals surface area contributed by atoms with Crippen LogP contribution in [-0.4, -0.2) is 6.54 Å². The fraction of sp³-hybridized carbons (Fsp3) is 0.350. The molecule has 2 aliphatic rings. The summed E-state index contributed by atoms with van der Waals surface area (Å²) in [7, 11) is 0. The van der Waals surface area contributed by atoms with Crippen molar-refractivity contribution >= 4 is 69.6 Å². The molecule has 0 spiro atoms. The van der Waals surface area contributed by atoms with Crippen LogP contribution in [0.3, 0.4) is 0 Å². The van der Waals surface area contributed by atoms with Gasteiger partial charge in [-0.05, 0) is 55.5 Å². The Morgan fingerprint density at radius 2 is 1.14 bits per heavy atom. The first-order valence-electron chi connectivity index (χ1n) is 8.59. The Morgan fingerprint density at radius 1 is 0.750 bits per heavy atom. The second-order valence-electron chi connectivity index (χ2n) is 7.17. The van der Waals surface area contributed by atoms with E-state index in [1.807, 2.05) is 0 Å². The molecule has 0 aromatic heterocycles. The Balaban J connectivity index is 0.000000161. The third-order valence-corrected chi connectivity index (χ3v) is 6.86. The first-order chi connectivity index (χ1) is 13.2. The van der Waals surface area contributed by atoms with Crippen LogP contribution in [0.15, 0.2) is 24.3 Å². The highest BCUT2D eigenvalue weighted by Gasteiger charge is 2.48. The Hall–Kier alpha value is -0.370. The molecule has 0 heterocycles. The van der Waals surface area contributed by atoms with Gasteiger partial charge in [0.2, 0.25) is 0 Å². The maximum absolute atomic E-state index is 9.03. The predicted molar refractivity (Wildman–Crippen MR) is 119 cm³/mol. The smallest absolute Gasteiger partial charge is 0.0852 e. The Morgan fingerprint density at radius 3 is 1.43 bits per heavy atom. The van der Waals surface area contributed by atoms with Crippen molar-refractivity contribution in [3.8, 4) is 6.07 Å². The van der Waals surface area contributed by atoms with Crippen molar-refractivity contribution in [2.75, 3.05) is 6.54 Å². The van der Waals surface area contributed by atoms with E-state index >= 15 is 0 Å². The lowest BCUT2D eigenvalue weighted by Crippen LogP contribution is -2.20. The van der Waals surface area contributed by atoms with Crippen molar-refractivity contribution in [3.05, 3.63) is 65.5 Å². The average molecular weight is 497 g/mol. The fourth-order valence-electron chi connectivity index (χ4n) is 3.30. The lowest BCUT2D eigenvalue weighted by Gasteiger charge is -2.16. The minimum absolute atomic E-state index is 0.0127. The van der Waals surface area contributed by atoms with E-state index in [1.165, 1.54) is 0 Å². The quantitative estimate of drug-likeness (QED) is 0.470. The summed E-state index contributed by atoms with van der Waals surface area (Å²) < 4.78 is 0. The highest BCUT2D eigenvalue weighted by atomic mass is 35.5. The van der Waals surface area contributed by atoms with Crippen LogP contribution in [0.1, 0.15) is 36.8 Å². The van der Waals surface area contributed by atoms with Crippen LogP contribution in [0.25, 0.3) is 0 Å². The molecule has 2 nitrogen and oxygen atoms in total. The zero-order valence-corrected chi connectivity index (χ0v) is 19.2. The second-order valence-corrected chi connectivity index (χ2v) is 9.67. The number of hydrogen-bond acceptors (Lipinski definition) is 2. The Kier molecular flexibility index (Phi) is 6.70. The van der Waals surface area contributed by atoms with E-state index in [9.17, 15) is 0 Å². The lowest BCUT2D eigenvalue weighted by atomic mass is 9.96. The lowest BCUT2D eigenvalue weighted by molar-refractivity contribution is 0.705. The first-order valence-corrected chi connectivity index (χ1v) is 10.9. The molecular weight excluding hydrogens is 481 g/mol. The molecule has 2 fully saturated rings. The molecule has 0 amide bonds. The van der Waals surface area contributed by atoms with Gasteiger partial charge in [-0.15, -0.1) is 0 Å². The van der Waals surface area contributed by atoms with Crippen LogP contribution < -0.4 is 5.73 Å². The molecule has 0 atom stereocenters. The van der Waals surface area contributed by atoms with Gasteiger partial charge < -0.3 is 5.73 Å². The average Bonchev–Trinajstić information content (AvgIpc) is 3.50. The Bertz CT molecular complexity index is 912. The van der Waals surface area contributed by atoms with Crippen LogP contribution in [0.2, 0.25) is 30.1 Å². The molecule has 2 aliphatic carbocycles. The zero-order valence-electron chi connectivity index (χ0n) is 14.6. The molecule has 0 aliphatic heterocycles. The van der Waals surface area contributed by atoms with E-state index in [2.05, 4.69) is 6.07 Å². The number of nitrogens with two attached hydrogens (primary N) is 1. The molecule has 28 heavy (non-hydrogen) atoms. The van der Waals surface area contributed by atoms with Crippen molar-refractivity contribution in [2.45, 2.75) is 36.5 Å². The molecule has 8 heteroatoms. The van der Waals surface area contributed by atoms with Crippen molar-refractivity contribution in [2.24, 2.45) is 5.73 Å². The van der Waals surface area contributed by atoms with Crippen LogP contribution in [0.5, 0.6) is 0 Å². The summed E-state index contributed by atoms with van der Waals surface area (Å²) in [6.07, 6.45) is 3.77. The topological polar surface area (TPSA) is 49.8 Å². The van der Waals surface area contributed by atoms with Gasteiger partial charge in [-0.3, -0.25) is 0 Å². The SMILES string of the molecule is N#CC1(c2c(Cl)cc(Cl)cc2Cl)CC1.NCC1(c2c(Cl)cc(Cl)cc2Cl)CC1. The maximum Gasteiger partial charge on any atom is 0.0852 e. The van der Waals surface area contributed by atoms with Crippen LogP contribution >= 0.6 is 69.6 Å². The third kappa shape index (κ3) is 4.37. The first kappa shape index (κ1) is 22.3. The van der Waals surface area contributed by atoms with E-state index in [1.54, 1.807) is 24.3 Å². The molecule has 0 unspecified atom stereocenters. The third-order valence-electron chi connectivity index (χ3n) is 5.23. The number of nitrogens with zero attached hydrogens (tertiary/aromatic N) is 1. The summed E-state index contributed by atoms with van der Waals surface area (Å²) in [5, 5.41) is 12.3. The van der Waals surface area contributed by atoms with E-state index in [0.717, 1.165) is 36.8 Å². The summed E-state index contributed by atoms with van der Waals surface area (Å²) in [5.41, 5.74) is 6.97.